The molecule has 3 heteroatoms. The minimum absolute atomic E-state index is 0.0207. The van der Waals surface area contributed by atoms with Crippen LogP contribution in [0.2, 0.25) is 0 Å². The van der Waals surface area contributed by atoms with Crippen LogP contribution >= 0.6 is 0 Å². The molecule has 0 aromatic heterocycles. The predicted octanol–water partition coefficient (Wildman–Crippen LogP) is 1.30. The summed E-state index contributed by atoms with van der Waals surface area (Å²) in [5.74, 6) is 0. The van der Waals surface area contributed by atoms with Gasteiger partial charge >= 0.3 is 0 Å². The Morgan fingerprint density at radius 2 is 2.20 bits per heavy atom. The molecule has 2 rings (SSSR count). The predicted molar refractivity (Wildman–Crippen MR) is 59.8 cm³/mol. The van der Waals surface area contributed by atoms with Crippen LogP contribution in [0.15, 0.2) is 0 Å². The minimum atomic E-state index is -0.147. The van der Waals surface area contributed by atoms with Crippen LogP contribution in [-0.4, -0.2) is 36.0 Å². The maximum atomic E-state index is 9.65. The molecule has 0 aromatic carbocycles. The lowest BCUT2D eigenvalue weighted by Gasteiger charge is -2.51. The smallest absolute Gasteiger partial charge is 0.0726 e. The average molecular weight is 213 g/mol. The van der Waals surface area contributed by atoms with E-state index in [1.165, 1.54) is 12.8 Å². The van der Waals surface area contributed by atoms with Crippen molar-refractivity contribution in [3.63, 3.8) is 0 Å². The molecule has 1 aliphatic heterocycles. The average Bonchev–Trinajstić information content (AvgIpc) is 2.70. The van der Waals surface area contributed by atoms with Gasteiger partial charge in [-0.05, 0) is 26.2 Å². The zero-order valence-corrected chi connectivity index (χ0v) is 9.99. The normalized spacial score (nSPS) is 41.2. The van der Waals surface area contributed by atoms with E-state index >= 15 is 0 Å². The topological polar surface area (TPSA) is 41.5 Å². The van der Waals surface area contributed by atoms with E-state index in [2.05, 4.69) is 26.1 Å². The number of aliphatic hydroxyl groups excluding tert-OH is 1. The molecule has 3 nitrogen and oxygen atoms in total. The number of nitrogens with one attached hydrogen (secondary N) is 1. The Labute approximate surface area is 92.2 Å². The lowest BCUT2D eigenvalue weighted by molar-refractivity contribution is -0.0805. The Bertz CT molecular complexity index is 224. The van der Waals surface area contributed by atoms with Gasteiger partial charge in [0.25, 0.3) is 0 Å². The van der Waals surface area contributed by atoms with Crippen LogP contribution in [0.3, 0.4) is 0 Å². The Morgan fingerprint density at radius 1 is 1.47 bits per heavy atom. The zero-order valence-electron chi connectivity index (χ0n) is 9.99. The first kappa shape index (κ1) is 11.4. The van der Waals surface area contributed by atoms with Gasteiger partial charge in [0.2, 0.25) is 0 Å². The Morgan fingerprint density at radius 3 is 2.67 bits per heavy atom. The first-order valence-corrected chi connectivity index (χ1v) is 6.07. The van der Waals surface area contributed by atoms with E-state index in [1.807, 2.05) is 0 Å². The molecule has 0 aromatic rings. The third-order valence-corrected chi connectivity index (χ3v) is 4.20. The fraction of sp³-hybridized carbons (Fsp3) is 1.00. The van der Waals surface area contributed by atoms with Gasteiger partial charge in [-0.3, -0.25) is 0 Å². The fourth-order valence-electron chi connectivity index (χ4n) is 2.61. The lowest BCUT2D eigenvalue weighted by Crippen LogP contribution is -2.62. The van der Waals surface area contributed by atoms with Gasteiger partial charge in [0.1, 0.15) is 0 Å². The monoisotopic (exact) mass is 213 g/mol. The molecule has 0 radical (unpaired) electrons. The summed E-state index contributed by atoms with van der Waals surface area (Å²) in [4.78, 5) is 0. The van der Waals surface area contributed by atoms with Gasteiger partial charge in [-0.25, -0.2) is 0 Å². The highest BCUT2D eigenvalue weighted by Gasteiger charge is 2.47. The number of aliphatic hydroxyl groups is 1. The first-order chi connectivity index (χ1) is 7.01. The van der Waals surface area contributed by atoms with E-state index in [9.17, 15) is 5.11 Å². The lowest BCUT2D eigenvalue weighted by atomic mass is 9.64. The molecule has 2 aliphatic rings. The van der Waals surface area contributed by atoms with Crippen molar-refractivity contribution in [2.75, 3.05) is 6.61 Å². The molecular weight excluding hydrogens is 190 g/mol. The van der Waals surface area contributed by atoms with E-state index in [0.29, 0.717) is 18.2 Å². The Kier molecular flexibility index (Phi) is 3.06. The highest BCUT2D eigenvalue weighted by atomic mass is 16.5. The second-order valence-electron chi connectivity index (χ2n) is 5.63. The second kappa shape index (κ2) is 4.04. The van der Waals surface area contributed by atoms with Gasteiger partial charge in [0, 0.05) is 24.1 Å². The SMILES string of the molecule is CC(NC1CC(O)C1(C)C)C1CCCO1. The third kappa shape index (κ3) is 2.05. The molecule has 1 heterocycles. The van der Waals surface area contributed by atoms with Crippen molar-refractivity contribution in [2.45, 2.75) is 64.3 Å². The highest BCUT2D eigenvalue weighted by molar-refractivity contribution is 5.03. The summed E-state index contributed by atoms with van der Waals surface area (Å²) in [6.07, 6.45) is 3.46. The van der Waals surface area contributed by atoms with Crippen molar-refractivity contribution >= 4 is 0 Å². The number of hydrogen-bond donors (Lipinski definition) is 2. The maximum absolute atomic E-state index is 9.65. The van der Waals surface area contributed by atoms with E-state index in [0.717, 1.165) is 13.0 Å². The standard InChI is InChI=1S/C12H23NO2/c1-8(9-5-4-6-15-9)13-10-7-11(14)12(10,2)3/h8-11,13-14H,4-7H2,1-3H3. The van der Waals surface area contributed by atoms with Gasteiger partial charge in [0.15, 0.2) is 0 Å². The number of rotatable bonds is 3. The maximum Gasteiger partial charge on any atom is 0.0726 e. The Hall–Kier alpha value is -0.120. The quantitative estimate of drug-likeness (QED) is 0.742. The second-order valence-corrected chi connectivity index (χ2v) is 5.63. The fourth-order valence-corrected chi connectivity index (χ4v) is 2.61. The third-order valence-electron chi connectivity index (χ3n) is 4.20. The van der Waals surface area contributed by atoms with E-state index in [1.54, 1.807) is 0 Å². The van der Waals surface area contributed by atoms with Crippen LogP contribution in [0.25, 0.3) is 0 Å². The van der Waals surface area contributed by atoms with Gasteiger partial charge in [-0.15, -0.1) is 0 Å². The van der Waals surface area contributed by atoms with Gasteiger partial charge in [0.05, 0.1) is 12.2 Å². The van der Waals surface area contributed by atoms with Crippen LogP contribution in [0.4, 0.5) is 0 Å². The van der Waals surface area contributed by atoms with Gasteiger partial charge in [-0.2, -0.15) is 0 Å². The van der Waals surface area contributed by atoms with Crippen LogP contribution < -0.4 is 5.32 Å². The summed E-state index contributed by atoms with van der Waals surface area (Å²) in [6, 6.07) is 0.843. The summed E-state index contributed by atoms with van der Waals surface area (Å²) in [5, 5.41) is 13.2. The molecule has 2 fully saturated rings. The molecule has 88 valence electrons. The molecule has 4 atom stereocenters. The van der Waals surface area contributed by atoms with Gasteiger partial charge in [-0.1, -0.05) is 13.8 Å². The van der Waals surface area contributed by atoms with Crippen LogP contribution in [0.5, 0.6) is 0 Å². The van der Waals surface area contributed by atoms with Crippen LogP contribution in [0, 0.1) is 5.41 Å². The molecule has 4 unspecified atom stereocenters. The molecule has 0 amide bonds. The van der Waals surface area contributed by atoms with Crippen molar-refractivity contribution in [3.8, 4) is 0 Å². The number of hydrogen-bond acceptors (Lipinski definition) is 3. The highest BCUT2D eigenvalue weighted by Crippen LogP contribution is 2.40. The Balaban J connectivity index is 1.82. The van der Waals surface area contributed by atoms with Gasteiger partial charge < -0.3 is 15.2 Å². The molecule has 15 heavy (non-hydrogen) atoms. The molecule has 0 bridgehead atoms. The molecule has 2 N–H and O–H groups in total. The molecular formula is C12H23NO2. The van der Waals surface area contributed by atoms with Crippen LogP contribution in [-0.2, 0) is 4.74 Å². The summed E-state index contributed by atoms with van der Waals surface area (Å²) in [7, 11) is 0. The summed E-state index contributed by atoms with van der Waals surface area (Å²) >= 11 is 0. The largest absolute Gasteiger partial charge is 0.392 e. The summed E-state index contributed by atoms with van der Waals surface area (Å²) in [6.45, 7) is 7.35. The summed E-state index contributed by atoms with van der Waals surface area (Å²) < 4.78 is 5.65. The summed E-state index contributed by atoms with van der Waals surface area (Å²) in [5.41, 5.74) is 0.0207. The molecule has 0 spiro atoms. The van der Waals surface area contributed by atoms with Crippen LogP contribution in [0.1, 0.15) is 40.0 Å². The number of ether oxygens (including phenoxy) is 1. The van der Waals surface area contributed by atoms with E-state index < -0.39 is 0 Å². The minimum Gasteiger partial charge on any atom is -0.392 e. The first-order valence-electron chi connectivity index (χ1n) is 6.07. The van der Waals surface area contributed by atoms with Crippen molar-refractivity contribution < 1.29 is 9.84 Å². The molecule has 1 saturated heterocycles. The van der Waals surface area contributed by atoms with Crippen molar-refractivity contribution in [3.05, 3.63) is 0 Å². The molecule has 1 aliphatic carbocycles. The zero-order chi connectivity index (χ0) is 11.1. The molecule has 1 saturated carbocycles. The van der Waals surface area contributed by atoms with E-state index in [4.69, 9.17) is 4.74 Å². The van der Waals surface area contributed by atoms with Crippen molar-refractivity contribution in [1.82, 2.24) is 5.32 Å². The van der Waals surface area contributed by atoms with Crippen molar-refractivity contribution in [2.24, 2.45) is 5.41 Å². The van der Waals surface area contributed by atoms with E-state index in [-0.39, 0.29) is 11.5 Å². The van der Waals surface area contributed by atoms with Crippen molar-refractivity contribution in [1.29, 1.82) is 0 Å².